The highest BCUT2D eigenvalue weighted by Gasteiger charge is 2.46. The zero-order chi connectivity index (χ0) is 96.7. The number of guanidine groups is 1. The molecular formula is C78H128N24O24S2. The van der Waals surface area contributed by atoms with Crippen molar-refractivity contribution < 1.29 is 117 Å². The van der Waals surface area contributed by atoms with Crippen LogP contribution in [0.3, 0.4) is 0 Å². The van der Waals surface area contributed by atoms with Crippen LogP contribution < -0.4 is 120 Å². The first-order chi connectivity index (χ1) is 60.1. The van der Waals surface area contributed by atoms with E-state index >= 15 is 0 Å². The monoisotopic (exact) mass is 1850 g/mol. The Morgan fingerprint density at radius 2 is 0.859 bits per heavy atom. The molecule has 0 unspecified atom stereocenters. The molecule has 1 aliphatic rings. The molecule has 1 saturated heterocycles. The van der Waals surface area contributed by atoms with Gasteiger partial charge in [-0.05, 0) is 133 Å². The number of β-amino-alcohol motifs (C(OH)–C–C–N with tert-alkyl or cyclic N) is 1. The number of aromatic hydroxyl groups is 2. The van der Waals surface area contributed by atoms with Gasteiger partial charge in [0.25, 0.3) is 0 Å². The topological polar surface area (TPSA) is 821 Å². The summed E-state index contributed by atoms with van der Waals surface area (Å²) in [7, 11) is 0. The van der Waals surface area contributed by atoms with Crippen LogP contribution in [0, 0.1) is 17.2 Å². The molecule has 0 aromatic heterocycles. The summed E-state index contributed by atoms with van der Waals surface area (Å²) < 4.78 is -1.49. The number of primary amides is 1. The molecule has 1 fully saturated rings. The summed E-state index contributed by atoms with van der Waals surface area (Å²) in [5.74, 6) is -21.2. The molecule has 16 amide bonds. The summed E-state index contributed by atoms with van der Waals surface area (Å²) in [4.78, 5) is 237. The molecule has 48 nitrogen and oxygen atoms in total. The third-order valence-corrected chi connectivity index (χ3v) is 21.1. The normalized spacial score (nSPS) is 17.1. The molecule has 0 bridgehead atoms. The van der Waals surface area contributed by atoms with Gasteiger partial charge in [-0.3, -0.25) is 82.1 Å². The Balaban J connectivity index is 1.87. The number of carbonyl (C=O) groups is 17. The molecule has 716 valence electrons. The number of rotatable bonds is 56. The van der Waals surface area contributed by atoms with E-state index in [4.69, 9.17) is 45.5 Å². The number of likely N-dealkylation sites (tertiary alicyclic amines) is 1. The average molecular weight is 1850 g/mol. The molecule has 128 heavy (non-hydrogen) atoms. The highest BCUT2D eigenvalue weighted by molar-refractivity contribution is 7.81. The van der Waals surface area contributed by atoms with Gasteiger partial charge in [0.1, 0.15) is 102 Å². The second-order valence-corrected chi connectivity index (χ2v) is 33.1. The van der Waals surface area contributed by atoms with E-state index < -0.39 is 271 Å². The SMILES string of the molecule is CC[C@H](C)[C@H](NC(=O)[C@@H]1C[C@@H](O)CN1C(=O)[C@@H](N)C(C)C)C(=O)N[C@H](C(=O)N[C@@H](Cc1ccc(O)cc1)C(=O)N[C@H](C(=O)N[C@@H](CC(N)=O)C(=O)N[C@@H](CCCNC(=N)N)C(=O)N[C@@H](CCN)C(=O)N[C@@H](CO)C(=O)N[C@H](CCN)C(=O)N[C@@H](CO)C(=O)N[C@@H](CCN)C(=O)N[C@@H](CCN)C(=O)N[C@@H](CS)C(=O)N[C@@H](Cc1ccc(O)cc1)C(=O)O)[C@@H](C)O)C(C)(C)S. The average Bonchev–Trinajstić information content (AvgIpc) is 1.63. The van der Waals surface area contributed by atoms with E-state index in [1.165, 1.54) is 62.4 Å². The molecule has 0 saturated carbocycles. The van der Waals surface area contributed by atoms with Crippen LogP contribution >= 0.6 is 25.3 Å². The lowest BCUT2D eigenvalue weighted by molar-refractivity contribution is -0.142. The van der Waals surface area contributed by atoms with Crippen molar-refractivity contribution in [2.24, 2.45) is 52.0 Å². The van der Waals surface area contributed by atoms with Gasteiger partial charge in [-0.2, -0.15) is 25.3 Å². The van der Waals surface area contributed by atoms with Gasteiger partial charge in [-0.25, -0.2) is 4.79 Å². The Hall–Kier alpha value is -11.4. The van der Waals surface area contributed by atoms with Gasteiger partial charge < -0.3 is 161 Å². The largest absolute Gasteiger partial charge is 0.508 e. The minimum atomic E-state index is -2.08. The van der Waals surface area contributed by atoms with Gasteiger partial charge in [-0.1, -0.05) is 58.4 Å². The minimum absolute atomic E-state index is 0.0911. The van der Waals surface area contributed by atoms with E-state index in [0.717, 1.165) is 11.8 Å². The van der Waals surface area contributed by atoms with E-state index in [1.54, 1.807) is 27.7 Å². The van der Waals surface area contributed by atoms with Crippen LogP contribution in [0.25, 0.3) is 0 Å². The van der Waals surface area contributed by atoms with Crippen LogP contribution in [0.1, 0.15) is 117 Å². The van der Waals surface area contributed by atoms with Gasteiger partial charge in [0.15, 0.2) is 5.96 Å². The number of phenolic OH excluding ortho intramolecular Hbond substituents is 2. The predicted octanol–water partition coefficient (Wildman–Crippen LogP) is -11.7. The first-order valence-corrected chi connectivity index (χ1v) is 42.4. The molecule has 1 heterocycles. The molecular weight excluding hydrogens is 1720 g/mol. The van der Waals surface area contributed by atoms with Crippen molar-refractivity contribution in [2.45, 2.75) is 233 Å². The smallest absolute Gasteiger partial charge is 0.326 e. The number of aliphatic hydroxyl groups is 4. The van der Waals surface area contributed by atoms with Crippen molar-refractivity contribution in [1.82, 2.24) is 84.7 Å². The lowest BCUT2D eigenvalue weighted by atomic mass is 9.95. The van der Waals surface area contributed by atoms with Gasteiger partial charge in [0.2, 0.25) is 94.5 Å². The van der Waals surface area contributed by atoms with Gasteiger partial charge in [0.05, 0.1) is 37.9 Å². The zero-order valence-electron chi connectivity index (χ0n) is 72.3. The fourth-order valence-corrected chi connectivity index (χ4v) is 13.3. The maximum absolute atomic E-state index is 14.7. The highest BCUT2D eigenvalue weighted by Crippen LogP contribution is 2.24. The van der Waals surface area contributed by atoms with E-state index in [1.807, 2.05) is 0 Å². The number of nitrogens with zero attached hydrogens (tertiary/aromatic N) is 1. The number of thiol groups is 2. The number of carbonyl (C=O) groups excluding carboxylic acids is 16. The Kier molecular flexibility index (Phi) is 47.4. The molecule has 0 aliphatic carbocycles. The summed E-state index contributed by atoms with van der Waals surface area (Å²) >= 11 is 8.74. The number of hydrogen-bond donors (Lipinski definition) is 32. The first-order valence-electron chi connectivity index (χ1n) is 41.3. The molecule has 1 aliphatic heterocycles. The Morgan fingerprint density at radius 1 is 0.500 bits per heavy atom. The quantitative estimate of drug-likeness (QED) is 0.0127. The van der Waals surface area contributed by atoms with E-state index in [0.29, 0.717) is 5.56 Å². The van der Waals surface area contributed by atoms with Crippen molar-refractivity contribution in [3.8, 4) is 11.5 Å². The van der Waals surface area contributed by atoms with Crippen LogP contribution in [-0.2, 0) is 94.3 Å². The summed E-state index contributed by atoms with van der Waals surface area (Å²) in [5.41, 5.74) is 41.1. The number of phenols is 2. The second kappa shape index (κ2) is 54.7. The lowest BCUT2D eigenvalue weighted by Crippen LogP contribution is -2.64. The lowest BCUT2D eigenvalue weighted by Gasteiger charge is -2.34. The number of hydrogen-bond acceptors (Lipinski definition) is 31. The number of benzene rings is 2. The summed E-state index contributed by atoms with van der Waals surface area (Å²) in [6.07, 6.45) is -6.50. The van der Waals surface area contributed by atoms with E-state index in [2.05, 4.69) is 105 Å². The molecule has 50 heteroatoms. The Morgan fingerprint density at radius 3 is 1.23 bits per heavy atom. The van der Waals surface area contributed by atoms with E-state index in [-0.39, 0.29) is 107 Å². The van der Waals surface area contributed by atoms with Crippen LogP contribution in [0.4, 0.5) is 0 Å². The molecule has 2 aromatic rings. The second-order valence-electron chi connectivity index (χ2n) is 31.6. The third kappa shape index (κ3) is 36.4. The van der Waals surface area contributed by atoms with Crippen molar-refractivity contribution >= 4 is 132 Å². The number of nitrogens with two attached hydrogens (primary N) is 7. The third-order valence-electron chi connectivity index (χ3n) is 20.4. The standard InChI is InChI=1S/C78H128N24O24S2/c1-8-37(4)58(99-71(120)55-30-43(108)32-102(55)75(124)57(84)36(2)3)72(121)101-60(78(6,7)128)74(123)94-49(28-39-11-15-41(106)16-12-39)67(116)100-59(38(5)105)73(122)93-50(31-56(83)109)66(115)88-44(10-9-27-87-77(85)86)61(110)89-46(20-24-80)63(112)96-53(34-104)69(118)92-47(21-25-81)64(113)97-52(33-103)68(117)91-45(19-23-79)62(111)90-48(22-26-82)65(114)98-54(35-127)70(119)95-51(76(125)126)29-40-13-17-42(107)18-14-40/h11-18,36-38,43-55,57-60,103-108,127-128H,8-10,19-35,79-82,84H2,1-7H3,(H2,83,109)(H,88,115)(H,89,110)(H,90,111)(H,91,117)(H,92,118)(H,93,122)(H,94,123)(H,95,119)(H,96,112)(H,97,113)(H,98,114)(H,99,120)(H,100,116)(H,101,121)(H,125,126)(H4,85,86,87)/t37-,38+,43+,44-,45-,46-,47+,48-,49-,50-,51-,52-,53-,54-,55-,57-,58-,59-,60+/m0/s1. The molecule has 3 rings (SSSR count). The number of nitrogens with one attached hydrogen (secondary N) is 16. The maximum Gasteiger partial charge on any atom is 0.326 e. The fourth-order valence-electron chi connectivity index (χ4n) is 12.8. The van der Waals surface area contributed by atoms with Crippen LogP contribution in [0.15, 0.2) is 48.5 Å². The Bertz CT molecular complexity index is 4120. The van der Waals surface area contributed by atoms with Crippen molar-refractivity contribution in [3.63, 3.8) is 0 Å². The molecule has 0 radical (unpaired) electrons. The number of amides is 16. The number of carboxylic acids is 1. The van der Waals surface area contributed by atoms with Crippen molar-refractivity contribution in [3.05, 3.63) is 59.7 Å². The highest BCUT2D eigenvalue weighted by atomic mass is 32.1. The zero-order valence-corrected chi connectivity index (χ0v) is 74.1. The Labute approximate surface area is 749 Å². The summed E-state index contributed by atoms with van der Waals surface area (Å²) in [6.45, 7) is 6.72. The van der Waals surface area contributed by atoms with Crippen LogP contribution in [0.5, 0.6) is 11.5 Å². The van der Waals surface area contributed by atoms with Crippen LogP contribution in [0.2, 0.25) is 0 Å². The fraction of sp³-hybridized carbons (Fsp3) is 0.615. The molecule has 37 N–H and O–H groups in total. The molecule has 2 aromatic carbocycles. The van der Waals surface area contributed by atoms with Gasteiger partial charge in [-0.15, -0.1) is 0 Å². The van der Waals surface area contributed by atoms with Gasteiger partial charge >= 0.3 is 5.97 Å². The minimum Gasteiger partial charge on any atom is -0.508 e. The molecule has 0 spiro atoms. The van der Waals surface area contributed by atoms with Crippen LogP contribution in [-0.4, -0.2) is 319 Å². The number of aliphatic carboxylic acids is 1. The van der Waals surface area contributed by atoms with E-state index in [9.17, 15) is 117 Å². The number of carboxylic acid groups (broad SMARTS) is 1. The summed E-state index contributed by atoms with van der Waals surface area (Å²) in [6, 6.07) is -15.6. The summed E-state index contributed by atoms with van der Waals surface area (Å²) in [5, 5.41) is 116. The predicted molar refractivity (Wildman–Crippen MR) is 467 cm³/mol. The van der Waals surface area contributed by atoms with Gasteiger partial charge in [0, 0.05) is 42.9 Å². The first kappa shape index (κ1) is 111. The van der Waals surface area contributed by atoms with Crippen molar-refractivity contribution in [2.75, 3.05) is 58.2 Å². The molecule has 19 atom stereocenters. The maximum atomic E-state index is 14.7. The number of aliphatic hydroxyl groups excluding tert-OH is 4. The van der Waals surface area contributed by atoms with Crippen molar-refractivity contribution in [1.29, 1.82) is 5.41 Å².